The summed E-state index contributed by atoms with van der Waals surface area (Å²) in [7, 11) is 0. The fraction of sp³-hybridized carbons (Fsp3) is 0.167. The number of carbonyl (C=O) groups excluding carboxylic acids is 2. The summed E-state index contributed by atoms with van der Waals surface area (Å²) in [6, 6.07) is 9.07. The van der Waals surface area contributed by atoms with Crippen LogP contribution in [0.3, 0.4) is 0 Å². The number of nitrogens with one attached hydrogen (secondary N) is 2. The Kier molecular flexibility index (Phi) is 6.21. The van der Waals surface area contributed by atoms with Gasteiger partial charge in [-0.05, 0) is 49.2 Å². The Morgan fingerprint density at radius 3 is 2.56 bits per heavy atom. The lowest BCUT2D eigenvalue weighted by molar-refractivity contribution is -0.385. The van der Waals surface area contributed by atoms with Gasteiger partial charge in [-0.3, -0.25) is 19.7 Å². The molecule has 9 nitrogen and oxygen atoms in total. The molecule has 0 spiro atoms. The van der Waals surface area contributed by atoms with E-state index in [-0.39, 0.29) is 0 Å². The van der Waals surface area contributed by atoms with Crippen LogP contribution in [0.5, 0.6) is 5.75 Å². The Labute approximate surface area is 154 Å². The molecule has 0 saturated carbocycles. The van der Waals surface area contributed by atoms with E-state index in [9.17, 15) is 24.8 Å². The largest absolute Gasteiger partial charge is 0.502 e. The summed E-state index contributed by atoms with van der Waals surface area (Å²) in [4.78, 5) is 33.7. The summed E-state index contributed by atoms with van der Waals surface area (Å²) in [5.74, 6) is -1.60. The van der Waals surface area contributed by atoms with E-state index < -0.39 is 34.6 Å². The number of phenols is 1. The minimum Gasteiger partial charge on any atom is -0.502 e. The van der Waals surface area contributed by atoms with Gasteiger partial charge < -0.3 is 10.4 Å². The van der Waals surface area contributed by atoms with Gasteiger partial charge in [0.05, 0.1) is 11.1 Å². The number of aryl methyl sites for hydroxylation is 2. The lowest BCUT2D eigenvalue weighted by atomic mass is 10.1. The van der Waals surface area contributed by atoms with Gasteiger partial charge in [-0.2, -0.15) is 5.10 Å². The zero-order chi connectivity index (χ0) is 20.0. The molecular weight excluding hydrogens is 352 g/mol. The van der Waals surface area contributed by atoms with Crippen molar-refractivity contribution in [1.29, 1.82) is 0 Å². The van der Waals surface area contributed by atoms with Crippen LogP contribution in [0.2, 0.25) is 0 Å². The van der Waals surface area contributed by atoms with Crippen molar-refractivity contribution in [3.05, 3.63) is 63.2 Å². The van der Waals surface area contributed by atoms with Gasteiger partial charge in [0.2, 0.25) is 11.8 Å². The molecule has 27 heavy (non-hydrogen) atoms. The van der Waals surface area contributed by atoms with Gasteiger partial charge >= 0.3 is 5.69 Å². The molecule has 0 heterocycles. The molecule has 0 saturated heterocycles. The number of aromatic hydroxyl groups is 1. The highest BCUT2D eigenvalue weighted by molar-refractivity contribution is 6.03. The van der Waals surface area contributed by atoms with Crippen molar-refractivity contribution in [2.75, 3.05) is 5.32 Å². The number of carbonyl (C=O) groups is 2. The molecule has 2 rings (SSSR count). The van der Waals surface area contributed by atoms with Gasteiger partial charge in [0.25, 0.3) is 0 Å². The average Bonchev–Trinajstić information content (AvgIpc) is 2.59. The molecule has 0 aliphatic rings. The first-order chi connectivity index (χ1) is 12.8. The summed E-state index contributed by atoms with van der Waals surface area (Å²) >= 11 is 0. The minimum absolute atomic E-state index is 0.305. The van der Waals surface area contributed by atoms with E-state index >= 15 is 0 Å². The molecule has 2 aromatic carbocycles. The normalized spacial score (nSPS) is 10.6. The molecule has 2 amide bonds. The van der Waals surface area contributed by atoms with Crippen molar-refractivity contribution >= 4 is 29.4 Å². The van der Waals surface area contributed by atoms with Crippen molar-refractivity contribution in [3.63, 3.8) is 0 Å². The highest BCUT2D eigenvalue weighted by Crippen LogP contribution is 2.25. The van der Waals surface area contributed by atoms with Gasteiger partial charge in [0.1, 0.15) is 6.42 Å². The SMILES string of the molecule is Cc1ccc(NC(=O)CC(=O)N/N=C/c2ccc(O)c([N+](=O)[O-])c2)cc1C. The summed E-state index contributed by atoms with van der Waals surface area (Å²) in [5, 5.41) is 26.4. The molecular formula is C18H18N4O5. The lowest BCUT2D eigenvalue weighted by Crippen LogP contribution is -2.24. The Morgan fingerprint density at radius 2 is 1.89 bits per heavy atom. The van der Waals surface area contributed by atoms with Crippen LogP contribution in [-0.4, -0.2) is 28.1 Å². The first-order valence-electron chi connectivity index (χ1n) is 7.92. The minimum atomic E-state index is -0.734. The van der Waals surface area contributed by atoms with Crippen LogP contribution in [0, 0.1) is 24.0 Å². The summed E-state index contributed by atoms with van der Waals surface area (Å²) in [6.07, 6.45) is 0.742. The van der Waals surface area contributed by atoms with Crippen LogP contribution in [0.25, 0.3) is 0 Å². The summed E-state index contributed by atoms with van der Waals surface area (Å²) in [5.41, 5.74) is 4.70. The molecule has 0 aliphatic heterocycles. The van der Waals surface area contributed by atoms with Crippen LogP contribution in [-0.2, 0) is 9.59 Å². The first-order valence-corrected chi connectivity index (χ1v) is 7.92. The van der Waals surface area contributed by atoms with E-state index in [1.165, 1.54) is 12.3 Å². The second-order valence-electron chi connectivity index (χ2n) is 5.82. The summed E-state index contributed by atoms with van der Waals surface area (Å²) in [6.45, 7) is 3.87. The second kappa shape index (κ2) is 8.56. The highest BCUT2D eigenvalue weighted by Gasteiger charge is 2.13. The molecule has 0 fully saturated rings. The number of hydrogen-bond donors (Lipinski definition) is 3. The van der Waals surface area contributed by atoms with E-state index in [2.05, 4.69) is 15.8 Å². The Hall–Kier alpha value is -3.75. The molecule has 0 aliphatic carbocycles. The lowest BCUT2D eigenvalue weighted by Gasteiger charge is -2.07. The Morgan fingerprint density at radius 1 is 1.15 bits per heavy atom. The van der Waals surface area contributed by atoms with E-state index in [0.29, 0.717) is 11.3 Å². The van der Waals surface area contributed by atoms with Gasteiger partial charge in [-0.25, -0.2) is 5.43 Å². The molecule has 0 atom stereocenters. The number of hydrazone groups is 1. The molecule has 140 valence electrons. The van der Waals surface area contributed by atoms with Crippen molar-refractivity contribution in [2.24, 2.45) is 5.10 Å². The van der Waals surface area contributed by atoms with Crippen molar-refractivity contribution in [3.8, 4) is 5.75 Å². The van der Waals surface area contributed by atoms with Crippen molar-refractivity contribution in [2.45, 2.75) is 20.3 Å². The van der Waals surface area contributed by atoms with E-state index in [4.69, 9.17) is 0 Å². The smallest absolute Gasteiger partial charge is 0.311 e. The maximum absolute atomic E-state index is 11.9. The third kappa shape index (κ3) is 5.63. The third-order valence-electron chi connectivity index (χ3n) is 3.71. The van der Waals surface area contributed by atoms with Gasteiger partial charge in [0.15, 0.2) is 5.75 Å². The Balaban J connectivity index is 1.89. The number of nitro groups is 1. The number of rotatable bonds is 6. The van der Waals surface area contributed by atoms with Gasteiger partial charge in [-0.15, -0.1) is 0 Å². The number of anilines is 1. The van der Waals surface area contributed by atoms with E-state index in [1.807, 2.05) is 19.9 Å². The summed E-state index contributed by atoms with van der Waals surface area (Å²) < 4.78 is 0. The quantitative estimate of drug-likeness (QED) is 0.311. The molecule has 3 N–H and O–H groups in total. The predicted molar refractivity (Wildman–Crippen MR) is 99.7 cm³/mol. The fourth-order valence-electron chi connectivity index (χ4n) is 2.16. The zero-order valence-electron chi connectivity index (χ0n) is 14.7. The Bertz CT molecular complexity index is 924. The molecule has 9 heteroatoms. The van der Waals surface area contributed by atoms with Gasteiger partial charge in [-0.1, -0.05) is 6.07 Å². The molecule has 0 radical (unpaired) electrons. The second-order valence-corrected chi connectivity index (χ2v) is 5.82. The molecule has 2 aromatic rings. The number of phenolic OH excluding ortho intramolecular Hbond substituents is 1. The number of benzene rings is 2. The number of nitrogens with zero attached hydrogens (tertiary/aromatic N) is 2. The topological polar surface area (TPSA) is 134 Å². The maximum atomic E-state index is 11.9. The highest BCUT2D eigenvalue weighted by atomic mass is 16.6. The van der Waals surface area contributed by atoms with Crippen LogP contribution in [0.4, 0.5) is 11.4 Å². The fourth-order valence-corrected chi connectivity index (χ4v) is 2.16. The number of nitro benzene ring substituents is 1. The van der Waals surface area contributed by atoms with E-state index in [1.54, 1.807) is 12.1 Å². The van der Waals surface area contributed by atoms with Crippen molar-refractivity contribution in [1.82, 2.24) is 5.43 Å². The van der Waals surface area contributed by atoms with E-state index in [0.717, 1.165) is 23.3 Å². The van der Waals surface area contributed by atoms with Crippen LogP contribution in [0.1, 0.15) is 23.1 Å². The van der Waals surface area contributed by atoms with Crippen LogP contribution >= 0.6 is 0 Å². The monoisotopic (exact) mass is 370 g/mol. The van der Waals surface area contributed by atoms with Crippen molar-refractivity contribution < 1.29 is 19.6 Å². The third-order valence-corrected chi connectivity index (χ3v) is 3.71. The predicted octanol–water partition coefficient (Wildman–Crippen LogP) is 2.40. The van der Waals surface area contributed by atoms with Gasteiger partial charge in [0, 0.05) is 17.3 Å². The molecule has 0 bridgehead atoms. The zero-order valence-corrected chi connectivity index (χ0v) is 14.7. The van der Waals surface area contributed by atoms with Crippen LogP contribution in [0.15, 0.2) is 41.5 Å². The maximum Gasteiger partial charge on any atom is 0.311 e. The standard InChI is InChI=1S/C18H18N4O5/c1-11-3-5-14(7-12(11)2)20-17(24)9-18(25)21-19-10-13-4-6-16(23)15(8-13)22(26)27/h3-8,10,23H,9H2,1-2H3,(H,20,24)(H,21,25)/b19-10+. The average molecular weight is 370 g/mol. The van der Waals surface area contributed by atoms with Crippen LogP contribution < -0.4 is 10.7 Å². The first kappa shape index (κ1) is 19.6. The number of hydrogen-bond acceptors (Lipinski definition) is 6. The number of amides is 2. The molecule has 0 unspecified atom stereocenters. The molecule has 0 aromatic heterocycles.